The summed E-state index contributed by atoms with van der Waals surface area (Å²) in [7, 11) is 0. The van der Waals surface area contributed by atoms with Crippen LogP contribution in [0.3, 0.4) is 0 Å². The molecule has 0 spiro atoms. The fraction of sp³-hybridized carbons (Fsp3) is 0.310. The molecule has 2 aliphatic rings. The van der Waals surface area contributed by atoms with Crippen molar-refractivity contribution in [1.29, 1.82) is 5.26 Å². The molecule has 1 aromatic heterocycles. The number of aromatic nitrogens is 1. The molecule has 0 saturated carbocycles. The molecule has 2 aliphatic heterocycles. The predicted octanol–water partition coefficient (Wildman–Crippen LogP) is 4.22. The second-order valence-corrected chi connectivity index (χ2v) is 9.74. The van der Waals surface area contributed by atoms with Crippen LogP contribution in [0.25, 0.3) is 10.8 Å². The van der Waals surface area contributed by atoms with E-state index in [1.54, 1.807) is 6.07 Å². The Morgan fingerprint density at radius 2 is 1.92 bits per heavy atom. The lowest BCUT2D eigenvalue weighted by atomic mass is 9.97. The molecule has 1 fully saturated rings. The predicted molar refractivity (Wildman–Crippen MR) is 143 cm³/mol. The van der Waals surface area contributed by atoms with Crippen molar-refractivity contribution in [3.63, 3.8) is 0 Å². The van der Waals surface area contributed by atoms with Crippen molar-refractivity contribution in [3.8, 4) is 6.07 Å². The highest BCUT2D eigenvalue weighted by Gasteiger charge is 2.34. The maximum absolute atomic E-state index is 13.6. The van der Waals surface area contributed by atoms with Gasteiger partial charge in [0.25, 0.3) is 5.91 Å². The van der Waals surface area contributed by atoms with Gasteiger partial charge in [-0.25, -0.2) is 14.2 Å². The highest BCUT2D eigenvalue weighted by atomic mass is 19.1. The summed E-state index contributed by atoms with van der Waals surface area (Å²) in [6, 6.07) is 15.5. The molecule has 0 bridgehead atoms. The summed E-state index contributed by atoms with van der Waals surface area (Å²) >= 11 is 0. The Kier molecular flexibility index (Phi) is 6.72. The van der Waals surface area contributed by atoms with Gasteiger partial charge in [-0.15, -0.1) is 0 Å². The SMILES string of the molecule is C=C(F)C(=O)N1CCN(c2cc(C(=O)O)nc3c2CCN(c2cccc4cccc(C)c24)C3)CC1CC#N. The molecular formula is C29H28FN5O3. The molecule has 38 heavy (non-hydrogen) atoms. The van der Waals surface area contributed by atoms with E-state index in [0.29, 0.717) is 25.2 Å². The minimum atomic E-state index is -1.12. The number of rotatable bonds is 5. The van der Waals surface area contributed by atoms with Crippen molar-refractivity contribution in [3.05, 3.63) is 77.4 Å². The largest absolute Gasteiger partial charge is 0.477 e. The first-order valence-corrected chi connectivity index (χ1v) is 12.5. The molecule has 9 heteroatoms. The number of aryl methyl sites for hydroxylation is 1. The fourth-order valence-corrected chi connectivity index (χ4v) is 5.66. The van der Waals surface area contributed by atoms with Gasteiger partial charge in [-0.3, -0.25) is 4.79 Å². The molecule has 1 atom stereocenters. The van der Waals surface area contributed by atoms with Gasteiger partial charge in [0.05, 0.1) is 30.8 Å². The van der Waals surface area contributed by atoms with E-state index in [1.165, 1.54) is 15.8 Å². The third-order valence-electron chi connectivity index (χ3n) is 7.45. The van der Waals surface area contributed by atoms with Gasteiger partial charge in [-0.1, -0.05) is 36.9 Å². The van der Waals surface area contributed by atoms with Crippen LogP contribution in [0.5, 0.6) is 0 Å². The summed E-state index contributed by atoms with van der Waals surface area (Å²) in [6.45, 7) is 7.25. The van der Waals surface area contributed by atoms with Crippen LogP contribution in [-0.2, 0) is 17.8 Å². The minimum Gasteiger partial charge on any atom is -0.477 e. The fourth-order valence-electron chi connectivity index (χ4n) is 5.66. The molecule has 1 unspecified atom stereocenters. The molecule has 194 valence electrons. The summed E-state index contributed by atoms with van der Waals surface area (Å²) in [5.41, 5.74) is 4.61. The quantitative estimate of drug-likeness (QED) is 0.510. The Hall–Kier alpha value is -4.45. The minimum absolute atomic E-state index is 0.0305. The van der Waals surface area contributed by atoms with Crippen LogP contribution < -0.4 is 9.80 Å². The van der Waals surface area contributed by atoms with Gasteiger partial charge in [0.2, 0.25) is 0 Å². The Bertz CT molecular complexity index is 1490. The maximum atomic E-state index is 13.6. The number of pyridine rings is 1. The molecule has 1 saturated heterocycles. The van der Waals surface area contributed by atoms with Crippen LogP contribution in [0.15, 0.2) is 54.9 Å². The van der Waals surface area contributed by atoms with Crippen LogP contribution in [0.2, 0.25) is 0 Å². The first-order chi connectivity index (χ1) is 18.3. The van der Waals surface area contributed by atoms with Gasteiger partial charge in [0, 0.05) is 48.5 Å². The van der Waals surface area contributed by atoms with Gasteiger partial charge in [-0.2, -0.15) is 5.26 Å². The number of aromatic carboxylic acids is 1. The topological polar surface area (TPSA) is 101 Å². The molecule has 1 N–H and O–H groups in total. The van der Waals surface area contributed by atoms with Crippen LogP contribution in [0.1, 0.15) is 33.7 Å². The number of benzene rings is 2. The van der Waals surface area contributed by atoms with E-state index in [2.05, 4.69) is 53.7 Å². The number of carbonyl (C=O) groups is 2. The molecule has 0 radical (unpaired) electrons. The first kappa shape index (κ1) is 25.2. The van der Waals surface area contributed by atoms with E-state index in [-0.39, 0.29) is 25.2 Å². The number of piperazine rings is 1. The lowest BCUT2D eigenvalue weighted by molar-refractivity contribution is -0.131. The molecular weight excluding hydrogens is 485 g/mol. The number of hydrogen-bond acceptors (Lipinski definition) is 6. The number of fused-ring (bicyclic) bond motifs is 2. The number of anilines is 2. The van der Waals surface area contributed by atoms with Gasteiger partial charge in [-0.05, 0) is 36.4 Å². The highest BCUT2D eigenvalue weighted by Crippen LogP contribution is 2.36. The maximum Gasteiger partial charge on any atom is 0.354 e. The number of amides is 1. The van der Waals surface area contributed by atoms with E-state index < -0.39 is 23.7 Å². The Balaban J connectivity index is 1.51. The Morgan fingerprint density at radius 3 is 2.63 bits per heavy atom. The second-order valence-electron chi connectivity index (χ2n) is 9.74. The molecule has 0 aliphatic carbocycles. The van der Waals surface area contributed by atoms with Crippen LogP contribution in [0.4, 0.5) is 15.8 Å². The number of carboxylic acid groups (broad SMARTS) is 1. The third-order valence-corrected chi connectivity index (χ3v) is 7.45. The van der Waals surface area contributed by atoms with Crippen molar-refractivity contribution in [2.45, 2.75) is 32.4 Å². The average molecular weight is 514 g/mol. The van der Waals surface area contributed by atoms with Gasteiger partial charge in [0.1, 0.15) is 0 Å². The molecule has 1 amide bonds. The number of carbonyl (C=O) groups excluding carboxylic acids is 1. The second kappa shape index (κ2) is 10.1. The third kappa shape index (κ3) is 4.54. The smallest absolute Gasteiger partial charge is 0.354 e. The van der Waals surface area contributed by atoms with Gasteiger partial charge in [0.15, 0.2) is 11.5 Å². The first-order valence-electron chi connectivity index (χ1n) is 12.5. The summed E-state index contributed by atoms with van der Waals surface area (Å²) < 4.78 is 13.6. The van der Waals surface area contributed by atoms with E-state index in [1.807, 2.05) is 17.0 Å². The Labute approximate surface area is 220 Å². The normalized spacial score (nSPS) is 17.2. The van der Waals surface area contributed by atoms with Gasteiger partial charge >= 0.3 is 5.97 Å². The van der Waals surface area contributed by atoms with Crippen molar-refractivity contribution >= 4 is 34.0 Å². The van der Waals surface area contributed by atoms with E-state index >= 15 is 0 Å². The highest BCUT2D eigenvalue weighted by molar-refractivity contribution is 5.97. The molecule has 3 aromatic rings. The lowest BCUT2D eigenvalue weighted by Crippen LogP contribution is -2.55. The molecule has 2 aromatic carbocycles. The van der Waals surface area contributed by atoms with E-state index in [0.717, 1.165) is 28.9 Å². The summed E-state index contributed by atoms with van der Waals surface area (Å²) in [5, 5.41) is 21.5. The van der Waals surface area contributed by atoms with Gasteiger partial charge < -0.3 is 19.8 Å². The van der Waals surface area contributed by atoms with Crippen LogP contribution in [-0.4, -0.2) is 59.1 Å². The number of carboxylic acids is 1. The molecule has 5 rings (SSSR count). The van der Waals surface area contributed by atoms with Crippen LogP contribution >= 0.6 is 0 Å². The number of nitriles is 1. The zero-order chi connectivity index (χ0) is 27.0. The van der Waals surface area contributed by atoms with Crippen molar-refractivity contribution in [2.24, 2.45) is 0 Å². The summed E-state index contributed by atoms with van der Waals surface area (Å²) in [6.07, 6.45) is 0.686. The number of nitrogens with zero attached hydrogens (tertiary/aromatic N) is 5. The number of halogens is 1. The monoisotopic (exact) mass is 513 g/mol. The summed E-state index contributed by atoms with van der Waals surface area (Å²) in [4.78, 5) is 34.5. The van der Waals surface area contributed by atoms with Crippen molar-refractivity contribution in [1.82, 2.24) is 9.88 Å². The number of hydrogen-bond donors (Lipinski definition) is 1. The molecule has 3 heterocycles. The lowest BCUT2D eigenvalue weighted by Gasteiger charge is -2.43. The van der Waals surface area contributed by atoms with Crippen molar-refractivity contribution in [2.75, 3.05) is 36.0 Å². The van der Waals surface area contributed by atoms with E-state index in [9.17, 15) is 24.3 Å². The van der Waals surface area contributed by atoms with Crippen LogP contribution in [0, 0.1) is 18.3 Å². The average Bonchev–Trinajstić information content (AvgIpc) is 2.91. The zero-order valence-electron chi connectivity index (χ0n) is 21.2. The standard InChI is InChI=1S/C29H28FN5O3/c1-18-5-3-6-20-7-4-8-25(27(18)20)33-12-10-22-24(17-33)32-23(29(37)38)15-26(22)34-13-14-35(28(36)19(2)30)21(16-34)9-11-31/h3-8,15,21H,2,9-10,12-14,16-17H2,1H3,(H,37,38). The zero-order valence-corrected chi connectivity index (χ0v) is 21.2. The molecule has 8 nitrogen and oxygen atoms in total. The van der Waals surface area contributed by atoms with E-state index in [4.69, 9.17) is 0 Å². The van der Waals surface area contributed by atoms with Crippen molar-refractivity contribution < 1.29 is 19.1 Å². The summed E-state index contributed by atoms with van der Waals surface area (Å²) in [5.74, 6) is -2.99. The Morgan fingerprint density at radius 1 is 1.16 bits per heavy atom.